The van der Waals surface area contributed by atoms with Crippen LogP contribution in [0.5, 0.6) is 11.5 Å². The molecule has 1 atom stereocenters. The molecule has 3 aromatic rings. The number of para-hydroxylation sites is 1. The molecular formula is C25H26N2O4. The average molecular weight is 418 g/mol. The lowest BCUT2D eigenvalue weighted by Crippen LogP contribution is -2.34. The van der Waals surface area contributed by atoms with Gasteiger partial charge in [-0.1, -0.05) is 54.6 Å². The highest BCUT2D eigenvalue weighted by atomic mass is 16.6. The van der Waals surface area contributed by atoms with Crippen LogP contribution >= 0.6 is 0 Å². The van der Waals surface area contributed by atoms with E-state index in [1.165, 1.54) is 5.56 Å². The Balaban J connectivity index is 0.000000185. The first-order valence-electron chi connectivity index (χ1n) is 10.2. The van der Waals surface area contributed by atoms with E-state index in [9.17, 15) is 9.59 Å². The Hall–Kier alpha value is -3.80. The van der Waals surface area contributed by atoms with Crippen molar-refractivity contribution in [1.82, 2.24) is 5.32 Å². The maximum absolute atomic E-state index is 11.9. The summed E-state index contributed by atoms with van der Waals surface area (Å²) in [6, 6.07) is 25.0. The molecule has 31 heavy (non-hydrogen) atoms. The Kier molecular flexibility index (Phi) is 8.05. The summed E-state index contributed by atoms with van der Waals surface area (Å²) in [5.41, 5.74) is 2.59. The molecule has 0 saturated heterocycles. The normalized spacial score (nSPS) is 12.5. The molecule has 0 bridgehead atoms. The SMILES string of the molecule is CC(Cc1ccccc1)NC(=O)c1ccccc1.O=CNc1cccc2c1OCCO2. The van der Waals surface area contributed by atoms with Gasteiger partial charge < -0.3 is 20.1 Å². The van der Waals surface area contributed by atoms with Gasteiger partial charge in [-0.25, -0.2) is 0 Å². The Labute approximate surface area is 182 Å². The maximum atomic E-state index is 11.9. The van der Waals surface area contributed by atoms with Gasteiger partial charge in [0, 0.05) is 11.6 Å². The second-order valence-electron chi connectivity index (χ2n) is 7.02. The molecule has 0 aliphatic carbocycles. The van der Waals surface area contributed by atoms with Gasteiger partial charge in [-0.15, -0.1) is 0 Å². The van der Waals surface area contributed by atoms with E-state index in [0.29, 0.717) is 42.4 Å². The molecule has 4 rings (SSSR count). The fourth-order valence-corrected chi connectivity index (χ4v) is 3.17. The second kappa shape index (κ2) is 11.4. The zero-order chi connectivity index (χ0) is 21.9. The van der Waals surface area contributed by atoms with Crippen molar-refractivity contribution in [3.63, 3.8) is 0 Å². The average Bonchev–Trinajstić information content (AvgIpc) is 2.81. The summed E-state index contributed by atoms with van der Waals surface area (Å²) in [6.07, 6.45) is 1.47. The maximum Gasteiger partial charge on any atom is 0.251 e. The lowest BCUT2D eigenvalue weighted by Gasteiger charge is -2.20. The largest absolute Gasteiger partial charge is 0.486 e. The van der Waals surface area contributed by atoms with Crippen molar-refractivity contribution in [3.05, 3.63) is 90.0 Å². The molecule has 0 fully saturated rings. The van der Waals surface area contributed by atoms with Crippen LogP contribution < -0.4 is 20.1 Å². The van der Waals surface area contributed by atoms with Gasteiger partial charge >= 0.3 is 0 Å². The molecular weight excluding hydrogens is 392 g/mol. The topological polar surface area (TPSA) is 76.7 Å². The number of fused-ring (bicyclic) bond motifs is 1. The number of anilines is 1. The van der Waals surface area contributed by atoms with Crippen LogP contribution in [0.3, 0.4) is 0 Å². The summed E-state index contributed by atoms with van der Waals surface area (Å²) >= 11 is 0. The van der Waals surface area contributed by atoms with E-state index < -0.39 is 0 Å². The number of hydrogen-bond donors (Lipinski definition) is 2. The highest BCUT2D eigenvalue weighted by Crippen LogP contribution is 2.36. The third-order valence-electron chi connectivity index (χ3n) is 4.58. The summed E-state index contributed by atoms with van der Waals surface area (Å²) in [4.78, 5) is 22.2. The molecule has 1 unspecified atom stereocenters. The predicted molar refractivity (Wildman–Crippen MR) is 121 cm³/mol. The first-order chi connectivity index (χ1) is 15.2. The lowest BCUT2D eigenvalue weighted by molar-refractivity contribution is -0.105. The van der Waals surface area contributed by atoms with E-state index in [0.717, 1.165) is 6.42 Å². The Morgan fingerprint density at radius 2 is 1.61 bits per heavy atom. The second-order valence-corrected chi connectivity index (χ2v) is 7.02. The molecule has 6 heteroatoms. The standard InChI is InChI=1S/C16H17NO.C9H9NO3/c1-13(12-14-8-4-2-5-9-14)17-16(18)15-10-6-3-7-11-15;11-6-10-7-2-1-3-8-9(7)13-5-4-12-8/h2-11,13H,12H2,1H3,(H,17,18);1-3,6H,4-5H2,(H,10,11). The molecule has 1 heterocycles. The summed E-state index contributed by atoms with van der Waals surface area (Å²) in [5.74, 6) is 1.28. The van der Waals surface area contributed by atoms with Crippen molar-refractivity contribution in [2.75, 3.05) is 18.5 Å². The van der Waals surface area contributed by atoms with Gasteiger partial charge in [0.15, 0.2) is 11.5 Å². The summed E-state index contributed by atoms with van der Waals surface area (Å²) in [7, 11) is 0. The van der Waals surface area contributed by atoms with Crippen molar-refractivity contribution in [1.29, 1.82) is 0 Å². The lowest BCUT2D eigenvalue weighted by atomic mass is 10.1. The third kappa shape index (κ3) is 6.60. The molecule has 0 spiro atoms. The van der Waals surface area contributed by atoms with Crippen molar-refractivity contribution in [2.45, 2.75) is 19.4 Å². The van der Waals surface area contributed by atoms with Crippen LogP contribution in [0.4, 0.5) is 5.69 Å². The number of carbonyl (C=O) groups excluding carboxylic acids is 2. The molecule has 1 aliphatic heterocycles. The number of benzene rings is 3. The molecule has 3 aromatic carbocycles. The zero-order valence-electron chi connectivity index (χ0n) is 17.4. The van der Waals surface area contributed by atoms with E-state index in [-0.39, 0.29) is 11.9 Å². The number of ether oxygens (including phenoxy) is 2. The predicted octanol–water partition coefficient (Wildman–Crippen LogP) is 4.07. The molecule has 160 valence electrons. The van der Waals surface area contributed by atoms with Crippen LogP contribution in [-0.2, 0) is 11.2 Å². The van der Waals surface area contributed by atoms with Crippen molar-refractivity contribution in [2.24, 2.45) is 0 Å². The molecule has 2 N–H and O–H groups in total. The van der Waals surface area contributed by atoms with E-state index in [2.05, 4.69) is 22.8 Å². The van der Waals surface area contributed by atoms with E-state index in [4.69, 9.17) is 9.47 Å². The molecule has 2 amide bonds. The number of carbonyl (C=O) groups is 2. The van der Waals surface area contributed by atoms with Gasteiger partial charge in [-0.2, -0.15) is 0 Å². The quantitative estimate of drug-likeness (QED) is 0.592. The minimum Gasteiger partial charge on any atom is -0.486 e. The van der Waals surface area contributed by atoms with Crippen LogP contribution in [0.25, 0.3) is 0 Å². The van der Waals surface area contributed by atoms with E-state index in [1.54, 1.807) is 12.1 Å². The minimum atomic E-state index is -0.0148. The van der Waals surface area contributed by atoms with Gasteiger partial charge in [0.1, 0.15) is 13.2 Å². The summed E-state index contributed by atoms with van der Waals surface area (Å²) in [5, 5.41) is 5.56. The number of rotatable bonds is 6. The van der Waals surface area contributed by atoms with E-state index >= 15 is 0 Å². The highest BCUT2D eigenvalue weighted by molar-refractivity contribution is 5.94. The number of hydrogen-bond acceptors (Lipinski definition) is 4. The fourth-order valence-electron chi connectivity index (χ4n) is 3.17. The summed E-state index contributed by atoms with van der Waals surface area (Å²) < 4.78 is 10.7. The van der Waals surface area contributed by atoms with Crippen LogP contribution in [0.1, 0.15) is 22.8 Å². The zero-order valence-corrected chi connectivity index (χ0v) is 17.4. The monoisotopic (exact) mass is 418 g/mol. The van der Waals surface area contributed by atoms with Gasteiger partial charge in [-0.3, -0.25) is 9.59 Å². The van der Waals surface area contributed by atoms with Gasteiger partial charge in [0.2, 0.25) is 6.41 Å². The summed E-state index contributed by atoms with van der Waals surface area (Å²) in [6.45, 7) is 3.09. The third-order valence-corrected chi connectivity index (χ3v) is 4.58. The molecule has 0 aromatic heterocycles. The van der Waals surface area contributed by atoms with Crippen molar-refractivity contribution in [3.8, 4) is 11.5 Å². The van der Waals surface area contributed by atoms with Crippen molar-refractivity contribution >= 4 is 18.0 Å². The Morgan fingerprint density at radius 1 is 0.935 bits per heavy atom. The van der Waals surface area contributed by atoms with Crippen molar-refractivity contribution < 1.29 is 19.1 Å². The van der Waals surface area contributed by atoms with Crippen LogP contribution in [0.2, 0.25) is 0 Å². The number of nitrogens with one attached hydrogen (secondary N) is 2. The van der Waals surface area contributed by atoms with Crippen LogP contribution in [0, 0.1) is 0 Å². The smallest absolute Gasteiger partial charge is 0.251 e. The van der Waals surface area contributed by atoms with Crippen LogP contribution in [0.15, 0.2) is 78.9 Å². The number of amides is 2. The molecule has 0 saturated carbocycles. The molecule has 0 radical (unpaired) electrons. The Bertz CT molecular complexity index is 977. The fraction of sp³-hybridized carbons (Fsp3) is 0.200. The van der Waals surface area contributed by atoms with Crippen LogP contribution in [-0.4, -0.2) is 31.6 Å². The van der Waals surface area contributed by atoms with Gasteiger partial charge in [-0.05, 0) is 43.2 Å². The molecule has 1 aliphatic rings. The first-order valence-corrected chi connectivity index (χ1v) is 10.2. The molecule has 6 nitrogen and oxygen atoms in total. The Morgan fingerprint density at radius 3 is 2.32 bits per heavy atom. The van der Waals surface area contributed by atoms with E-state index in [1.807, 2.05) is 61.5 Å². The highest BCUT2D eigenvalue weighted by Gasteiger charge is 2.14. The first kappa shape index (κ1) is 21.9. The van der Waals surface area contributed by atoms with Gasteiger partial charge in [0.25, 0.3) is 5.91 Å². The van der Waals surface area contributed by atoms with Gasteiger partial charge in [0.05, 0.1) is 5.69 Å². The minimum absolute atomic E-state index is 0.0148.